The van der Waals surface area contributed by atoms with E-state index in [0.29, 0.717) is 36.1 Å². The normalized spacial score (nSPS) is 12.7. The highest BCUT2D eigenvalue weighted by atomic mass is 32.2. The predicted octanol–water partition coefficient (Wildman–Crippen LogP) is 5.88. The highest BCUT2D eigenvalue weighted by molar-refractivity contribution is 8.00. The number of fused-ring (bicyclic) bond motifs is 1. The van der Waals surface area contributed by atoms with Crippen LogP contribution in [0, 0.1) is 0 Å². The summed E-state index contributed by atoms with van der Waals surface area (Å²) < 4.78 is 11.2. The molecule has 0 spiro atoms. The quantitative estimate of drug-likeness (QED) is 0.239. The van der Waals surface area contributed by atoms with E-state index in [1.54, 1.807) is 48.5 Å². The van der Waals surface area contributed by atoms with E-state index in [-0.39, 0.29) is 17.0 Å². The van der Waals surface area contributed by atoms with Crippen molar-refractivity contribution in [2.24, 2.45) is 0 Å². The summed E-state index contributed by atoms with van der Waals surface area (Å²) in [5.74, 6) is -0.729. The van der Waals surface area contributed by atoms with Gasteiger partial charge in [0.15, 0.2) is 11.5 Å². The molecule has 4 aromatic rings. The first kappa shape index (κ1) is 25.9. The van der Waals surface area contributed by atoms with Gasteiger partial charge in [-0.3, -0.25) is 9.59 Å². The van der Waals surface area contributed by atoms with Gasteiger partial charge in [0.25, 0.3) is 5.91 Å². The topological polar surface area (TPSA) is 114 Å². The number of carbonyl (C=O) groups excluding carboxylic acids is 2. The first-order valence-electron chi connectivity index (χ1n) is 12.1. The molecule has 0 radical (unpaired) electrons. The molecule has 1 heterocycles. The molecule has 2 amide bonds. The fraction of sp³-hybridized carbons (Fsp3) is 0.100. The number of hydrogen-bond donors (Lipinski definition) is 3. The molecule has 5 rings (SSSR count). The molecule has 0 saturated carbocycles. The predicted molar refractivity (Wildman–Crippen MR) is 149 cm³/mol. The molecule has 0 fully saturated rings. The Morgan fingerprint density at radius 2 is 1.41 bits per heavy atom. The number of nitrogens with one attached hydrogen (secondary N) is 2. The molecule has 1 aliphatic rings. The lowest BCUT2D eigenvalue weighted by atomic mass is 10.1. The average Bonchev–Trinajstić information content (AvgIpc) is 2.96. The van der Waals surface area contributed by atoms with Crippen molar-refractivity contribution in [2.75, 3.05) is 23.8 Å². The van der Waals surface area contributed by atoms with Crippen LogP contribution in [0.5, 0.6) is 11.5 Å². The van der Waals surface area contributed by atoms with Crippen molar-refractivity contribution in [3.8, 4) is 11.5 Å². The molecule has 1 aliphatic heterocycles. The third kappa shape index (κ3) is 6.22. The van der Waals surface area contributed by atoms with E-state index in [1.807, 2.05) is 36.4 Å². The number of ether oxygens (including phenoxy) is 2. The summed E-state index contributed by atoms with van der Waals surface area (Å²) in [5.41, 5.74) is 1.85. The van der Waals surface area contributed by atoms with Gasteiger partial charge in [-0.05, 0) is 48.0 Å². The zero-order chi connectivity index (χ0) is 27.2. The fourth-order valence-corrected chi connectivity index (χ4v) is 5.16. The standard InChI is InChI=1S/C30H24N2O6S/c33-28(23-11-4-5-12-24(23)30(35)36)31-20-9-6-10-22(17-20)39-27(19-7-2-1-3-8-19)29(34)32-21-13-14-25-26(18-21)38-16-15-37-25/h1-14,17-18,27H,15-16H2,(H,31,33)(H,32,34)(H,35,36). The van der Waals surface area contributed by atoms with Crippen molar-refractivity contribution >= 4 is 40.9 Å². The highest BCUT2D eigenvalue weighted by Gasteiger charge is 2.24. The maximum atomic E-state index is 13.5. The minimum absolute atomic E-state index is 0.0593. The van der Waals surface area contributed by atoms with Gasteiger partial charge in [0.1, 0.15) is 18.5 Å². The molecule has 0 saturated heterocycles. The molecular formula is C30H24N2O6S. The lowest BCUT2D eigenvalue weighted by Gasteiger charge is -2.20. The summed E-state index contributed by atoms with van der Waals surface area (Å²) in [6.07, 6.45) is 0. The van der Waals surface area contributed by atoms with Crippen molar-refractivity contribution in [1.29, 1.82) is 0 Å². The Hall–Kier alpha value is -4.76. The van der Waals surface area contributed by atoms with Crippen molar-refractivity contribution in [2.45, 2.75) is 10.1 Å². The van der Waals surface area contributed by atoms with Crippen LogP contribution in [0.15, 0.2) is 102 Å². The Morgan fingerprint density at radius 3 is 2.18 bits per heavy atom. The largest absolute Gasteiger partial charge is 0.486 e. The molecule has 1 unspecified atom stereocenters. The number of anilines is 2. The third-order valence-corrected chi connectivity index (χ3v) is 7.15. The molecule has 0 aliphatic carbocycles. The number of carboxylic acid groups (broad SMARTS) is 1. The molecule has 4 aromatic carbocycles. The second-order valence-corrected chi connectivity index (χ2v) is 9.77. The summed E-state index contributed by atoms with van der Waals surface area (Å²) >= 11 is 1.33. The van der Waals surface area contributed by atoms with Gasteiger partial charge in [0.05, 0.1) is 11.1 Å². The molecule has 0 aromatic heterocycles. The molecule has 3 N–H and O–H groups in total. The van der Waals surface area contributed by atoms with Crippen LogP contribution >= 0.6 is 11.8 Å². The molecule has 39 heavy (non-hydrogen) atoms. The first-order valence-corrected chi connectivity index (χ1v) is 13.0. The van der Waals surface area contributed by atoms with Crippen LogP contribution in [0.1, 0.15) is 31.5 Å². The SMILES string of the molecule is O=C(O)c1ccccc1C(=O)Nc1cccc(SC(C(=O)Nc2ccc3c(c2)OCCO3)c2ccccc2)c1. The fourth-order valence-electron chi connectivity index (χ4n) is 4.08. The smallest absolute Gasteiger partial charge is 0.336 e. The second kappa shape index (κ2) is 11.7. The molecular weight excluding hydrogens is 516 g/mol. The highest BCUT2D eigenvalue weighted by Crippen LogP contribution is 2.38. The van der Waals surface area contributed by atoms with Gasteiger partial charge in [-0.1, -0.05) is 48.5 Å². The Kier molecular flexibility index (Phi) is 7.79. The Morgan fingerprint density at radius 1 is 0.718 bits per heavy atom. The minimum atomic E-state index is -1.18. The summed E-state index contributed by atoms with van der Waals surface area (Å²) in [7, 11) is 0. The van der Waals surface area contributed by atoms with E-state index >= 15 is 0 Å². The van der Waals surface area contributed by atoms with Gasteiger partial charge >= 0.3 is 5.97 Å². The second-order valence-electron chi connectivity index (χ2n) is 8.59. The van der Waals surface area contributed by atoms with Gasteiger partial charge in [-0.25, -0.2) is 4.79 Å². The van der Waals surface area contributed by atoms with Crippen LogP contribution in [0.3, 0.4) is 0 Å². The number of carboxylic acids is 1. The van der Waals surface area contributed by atoms with Crippen molar-refractivity contribution < 1.29 is 29.0 Å². The zero-order valence-electron chi connectivity index (χ0n) is 20.6. The maximum Gasteiger partial charge on any atom is 0.336 e. The number of rotatable bonds is 8. The van der Waals surface area contributed by atoms with E-state index < -0.39 is 17.1 Å². The van der Waals surface area contributed by atoms with Crippen LogP contribution in [-0.4, -0.2) is 36.1 Å². The van der Waals surface area contributed by atoms with E-state index in [0.717, 1.165) is 10.5 Å². The van der Waals surface area contributed by atoms with Crippen molar-refractivity contribution in [1.82, 2.24) is 0 Å². The van der Waals surface area contributed by atoms with Gasteiger partial charge in [0.2, 0.25) is 5.91 Å². The monoisotopic (exact) mass is 540 g/mol. The zero-order valence-corrected chi connectivity index (χ0v) is 21.4. The van der Waals surface area contributed by atoms with E-state index in [1.165, 1.54) is 23.9 Å². The molecule has 1 atom stereocenters. The van der Waals surface area contributed by atoms with E-state index in [4.69, 9.17) is 9.47 Å². The van der Waals surface area contributed by atoms with E-state index in [9.17, 15) is 19.5 Å². The lowest BCUT2D eigenvalue weighted by Crippen LogP contribution is -2.20. The molecule has 8 nitrogen and oxygen atoms in total. The summed E-state index contributed by atoms with van der Waals surface area (Å²) in [4.78, 5) is 38.6. The maximum absolute atomic E-state index is 13.5. The molecule has 196 valence electrons. The molecule has 0 bridgehead atoms. The van der Waals surface area contributed by atoms with Crippen LogP contribution in [-0.2, 0) is 4.79 Å². The number of carbonyl (C=O) groups is 3. The number of amides is 2. The van der Waals surface area contributed by atoms with Gasteiger partial charge in [-0.2, -0.15) is 0 Å². The average molecular weight is 541 g/mol. The Labute approximate surface area is 229 Å². The summed E-state index contributed by atoms with van der Waals surface area (Å²) in [6, 6.07) is 27.8. The van der Waals surface area contributed by atoms with Gasteiger partial charge in [0, 0.05) is 22.3 Å². The number of thioether (sulfide) groups is 1. The lowest BCUT2D eigenvalue weighted by molar-refractivity contribution is -0.115. The minimum Gasteiger partial charge on any atom is -0.486 e. The van der Waals surface area contributed by atoms with Crippen LogP contribution in [0.25, 0.3) is 0 Å². The van der Waals surface area contributed by atoms with Crippen LogP contribution < -0.4 is 20.1 Å². The summed E-state index contributed by atoms with van der Waals surface area (Å²) in [5, 5.41) is 14.6. The van der Waals surface area contributed by atoms with E-state index in [2.05, 4.69) is 10.6 Å². The number of aromatic carboxylic acids is 1. The van der Waals surface area contributed by atoms with Crippen molar-refractivity contribution in [3.63, 3.8) is 0 Å². The van der Waals surface area contributed by atoms with Crippen LogP contribution in [0.2, 0.25) is 0 Å². The Balaban J connectivity index is 1.35. The number of hydrogen-bond acceptors (Lipinski definition) is 6. The first-order chi connectivity index (χ1) is 19.0. The molecule has 9 heteroatoms. The number of benzene rings is 4. The third-order valence-electron chi connectivity index (χ3n) is 5.90. The van der Waals surface area contributed by atoms with Gasteiger partial charge in [-0.15, -0.1) is 11.8 Å². The summed E-state index contributed by atoms with van der Waals surface area (Å²) in [6.45, 7) is 0.929. The van der Waals surface area contributed by atoms with Crippen molar-refractivity contribution in [3.05, 3.63) is 114 Å². The van der Waals surface area contributed by atoms with Gasteiger partial charge < -0.3 is 25.2 Å². The Bertz CT molecular complexity index is 1530. The van der Waals surface area contributed by atoms with Crippen LogP contribution in [0.4, 0.5) is 11.4 Å².